The molecule has 0 saturated heterocycles. The number of thiophene rings is 1. The molecule has 3 rings (SSSR count). The summed E-state index contributed by atoms with van der Waals surface area (Å²) in [5.74, 6) is 1.69. The molecular formula is C16H16BrN3S. The highest BCUT2D eigenvalue weighted by Crippen LogP contribution is 2.30. The summed E-state index contributed by atoms with van der Waals surface area (Å²) in [5, 5.41) is 6.58. The van der Waals surface area contributed by atoms with Gasteiger partial charge in [-0.15, -0.1) is 11.3 Å². The van der Waals surface area contributed by atoms with E-state index in [-0.39, 0.29) is 0 Å². The molecule has 1 N–H and O–H groups in total. The average Bonchev–Trinajstić information content (AvgIpc) is 2.92. The lowest BCUT2D eigenvalue weighted by molar-refractivity contribution is 0.970. The lowest BCUT2D eigenvalue weighted by Crippen LogP contribution is -2.05. The Kier molecular flexibility index (Phi) is 4.22. The number of rotatable bonds is 4. The molecule has 2 aromatic heterocycles. The highest BCUT2D eigenvalue weighted by Gasteiger charge is 2.11. The Bertz CT molecular complexity index is 782. The van der Waals surface area contributed by atoms with Gasteiger partial charge < -0.3 is 5.32 Å². The van der Waals surface area contributed by atoms with Gasteiger partial charge in [-0.2, -0.15) is 0 Å². The van der Waals surface area contributed by atoms with Crippen LogP contribution in [0.5, 0.6) is 0 Å². The van der Waals surface area contributed by atoms with Crippen molar-refractivity contribution in [3.8, 4) is 11.4 Å². The number of fused-ring (bicyclic) bond motifs is 1. The van der Waals surface area contributed by atoms with E-state index < -0.39 is 0 Å². The van der Waals surface area contributed by atoms with E-state index in [9.17, 15) is 0 Å². The van der Waals surface area contributed by atoms with Gasteiger partial charge >= 0.3 is 0 Å². The summed E-state index contributed by atoms with van der Waals surface area (Å²) in [4.78, 5) is 9.49. The summed E-state index contributed by atoms with van der Waals surface area (Å²) in [6.45, 7) is 5.15. The molecule has 0 amide bonds. The van der Waals surface area contributed by atoms with E-state index in [1.54, 1.807) is 11.3 Å². The third kappa shape index (κ3) is 2.94. The Morgan fingerprint density at radius 2 is 2.14 bits per heavy atom. The third-order valence-electron chi connectivity index (χ3n) is 3.30. The number of nitrogens with one attached hydrogen (secondary N) is 1. The van der Waals surface area contributed by atoms with Crippen LogP contribution in [0.2, 0.25) is 0 Å². The highest BCUT2D eigenvalue weighted by atomic mass is 79.9. The summed E-state index contributed by atoms with van der Waals surface area (Å²) < 4.78 is 1.09. The van der Waals surface area contributed by atoms with Crippen LogP contribution >= 0.6 is 27.3 Å². The van der Waals surface area contributed by atoms with Crippen LogP contribution in [-0.2, 0) is 0 Å². The maximum atomic E-state index is 4.76. The molecule has 21 heavy (non-hydrogen) atoms. The molecule has 108 valence electrons. The number of para-hydroxylation sites is 1. The summed E-state index contributed by atoms with van der Waals surface area (Å²) in [6, 6.07) is 8.28. The Labute approximate surface area is 136 Å². The van der Waals surface area contributed by atoms with Crippen LogP contribution in [0.4, 0.5) is 5.82 Å². The molecule has 1 aromatic carbocycles. The second kappa shape index (κ2) is 6.12. The average molecular weight is 362 g/mol. The van der Waals surface area contributed by atoms with E-state index in [1.165, 1.54) is 5.56 Å². The minimum absolute atomic E-state index is 0.775. The van der Waals surface area contributed by atoms with E-state index in [4.69, 9.17) is 9.97 Å². The van der Waals surface area contributed by atoms with Gasteiger partial charge in [-0.1, -0.05) is 19.1 Å². The maximum absolute atomic E-state index is 4.76. The first-order chi connectivity index (χ1) is 10.2. The van der Waals surface area contributed by atoms with Crippen molar-refractivity contribution in [3.05, 3.63) is 39.0 Å². The molecule has 2 heterocycles. The molecule has 0 radical (unpaired) electrons. The second-order valence-electron chi connectivity index (χ2n) is 4.93. The van der Waals surface area contributed by atoms with Gasteiger partial charge in [-0.05, 0) is 47.0 Å². The van der Waals surface area contributed by atoms with Gasteiger partial charge in [-0.3, -0.25) is 0 Å². The second-order valence-corrected chi connectivity index (χ2v) is 7.22. The van der Waals surface area contributed by atoms with Crippen molar-refractivity contribution in [3.63, 3.8) is 0 Å². The Balaban J connectivity index is 2.20. The minimum Gasteiger partial charge on any atom is -0.369 e. The lowest BCUT2D eigenvalue weighted by atomic mass is 10.1. The molecule has 0 bridgehead atoms. The van der Waals surface area contributed by atoms with E-state index in [0.717, 1.165) is 44.9 Å². The Morgan fingerprint density at radius 3 is 2.86 bits per heavy atom. The van der Waals surface area contributed by atoms with Gasteiger partial charge in [0, 0.05) is 22.9 Å². The smallest absolute Gasteiger partial charge is 0.163 e. The minimum atomic E-state index is 0.775. The van der Waals surface area contributed by atoms with Crippen LogP contribution < -0.4 is 5.32 Å². The molecule has 0 aliphatic rings. The zero-order valence-electron chi connectivity index (χ0n) is 12.0. The molecule has 0 saturated carbocycles. The fraction of sp³-hybridized carbons (Fsp3) is 0.250. The summed E-state index contributed by atoms with van der Waals surface area (Å²) in [6.07, 6.45) is 1.07. The molecule has 0 aliphatic heterocycles. The summed E-state index contributed by atoms with van der Waals surface area (Å²) in [7, 11) is 0. The van der Waals surface area contributed by atoms with Gasteiger partial charge in [0.15, 0.2) is 5.82 Å². The van der Waals surface area contributed by atoms with Crippen LogP contribution in [0.15, 0.2) is 33.4 Å². The van der Waals surface area contributed by atoms with Crippen molar-refractivity contribution in [2.45, 2.75) is 20.3 Å². The van der Waals surface area contributed by atoms with Crippen LogP contribution in [-0.4, -0.2) is 16.5 Å². The first-order valence-corrected chi connectivity index (χ1v) is 8.62. The van der Waals surface area contributed by atoms with Gasteiger partial charge in [0.2, 0.25) is 0 Å². The number of anilines is 1. The molecule has 0 spiro atoms. The zero-order chi connectivity index (χ0) is 14.8. The van der Waals surface area contributed by atoms with Crippen molar-refractivity contribution in [1.82, 2.24) is 9.97 Å². The topological polar surface area (TPSA) is 37.8 Å². The highest BCUT2D eigenvalue weighted by molar-refractivity contribution is 9.11. The molecule has 0 atom stereocenters. The fourth-order valence-corrected chi connectivity index (χ4v) is 3.37. The van der Waals surface area contributed by atoms with Gasteiger partial charge in [-0.25, -0.2) is 9.97 Å². The molecule has 5 heteroatoms. The number of nitrogens with zero attached hydrogens (tertiary/aromatic N) is 2. The van der Waals surface area contributed by atoms with E-state index >= 15 is 0 Å². The predicted molar refractivity (Wildman–Crippen MR) is 94.1 cm³/mol. The molecule has 0 aliphatic carbocycles. The quantitative estimate of drug-likeness (QED) is 0.689. The van der Waals surface area contributed by atoms with Crippen LogP contribution in [0.3, 0.4) is 0 Å². The largest absolute Gasteiger partial charge is 0.369 e. The number of aryl methyl sites for hydroxylation is 1. The van der Waals surface area contributed by atoms with Gasteiger partial charge in [0.25, 0.3) is 0 Å². The molecule has 0 unspecified atom stereocenters. The fourth-order valence-electron chi connectivity index (χ4n) is 2.23. The number of hydrogen-bond acceptors (Lipinski definition) is 4. The number of hydrogen-bond donors (Lipinski definition) is 1. The van der Waals surface area contributed by atoms with Crippen molar-refractivity contribution < 1.29 is 0 Å². The predicted octanol–water partition coefficient (Wildman–Crippen LogP) is 5.25. The summed E-state index contributed by atoms with van der Waals surface area (Å²) in [5.41, 5.74) is 3.24. The number of aromatic nitrogens is 2. The van der Waals surface area contributed by atoms with Crippen LogP contribution in [0, 0.1) is 6.92 Å². The molecule has 3 nitrogen and oxygen atoms in total. The zero-order valence-corrected chi connectivity index (χ0v) is 14.4. The van der Waals surface area contributed by atoms with Crippen LogP contribution in [0.25, 0.3) is 22.3 Å². The first kappa shape index (κ1) is 14.5. The summed E-state index contributed by atoms with van der Waals surface area (Å²) >= 11 is 5.15. The molecule has 0 fully saturated rings. The van der Waals surface area contributed by atoms with Crippen molar-refractivity contribution in [2.75, 3.05) is 11.9 Å². The van der Waals surface area contributed by atoms with Crippen molar-refractivity contribution >= 4 is 44.0 Å². The van der Waals surface area contributed by atoms with E-state index in [0.29, 0.717) is 0 Å². The van der Waals surface area contributed by atoms with Crippen molar-refractivity contribution in [2.24, 2.45) is 0 Å². The lowest BCUT2D eigenvalue weighted by Gasteiger charge is -2.11. The maximum Gasteiger partial charge on any atom is 0.163 e. The molecular weight excluding hydrogens is 346 g/mol. The van der Waals surface area contributed by atoms with Crippen molar-refractivity contribution in [1.29, 1.82) is 0 Å². The standard InChI is InChI=1S/C16H16BrN3S/c1-3-7-18-16-12-6-4-5-10(2)14(12)19-15(20-16)11-8-13(17)21-9-11/h4-6,8-9H,3,7H2,1-2H3,(H,18,19,20). The van der Waals surface area contributed by atoms with Crippen LogP contribution in [0.1, 0.15) is 18.9 Å². The Morgan fingerprint density at radius 1 is 1.29 bits per heavy atom. The third-order valence-corrected chi connectivity index (χ3v) is 4.80. The van der Waals surface area contributed by atoms with Gasteiger partial charge in [0.1, 0.15) is 5.82 Å². The normalized spacial score (nSPS) is 11.0. The Hall–Kier alpha value is -1.46. The van der Waals surface area contributed by atoms with E-state index in [1.807, 2.05) is 0 Å². The number of halogens is 1. The monoisotopic (exact) mass is 361 g/mol. The number of benzene rings is 1. The first-order valence-electron chi connectivity index (χ1n) is 6.94. The van der Waals surface area contributed by atoms with E-state index in [2.05, 4.69) is 64.7 Å². The van der Waals surface area contributed by atoms with Gasteiger partial charge in [0.05, 0.1) is 9.30 Å². The molecule has 3 aromatic rings. The SMILES string of the molecule is CCCNc1nc(-c2csc(Br)c2)nc2c(C)cccc12.